The molecule has 0 saturated heterocycles. The lowest BCUT2D eigenvalue weighted by molar-refractivity contribution is 0.767. The second-order valence-corrected chi connectivity index (χ2v) is 8.45. The van der Waals surface area contributed by atoms with Crippen LogP contribution in [-0.4, -0.2) is 16.1 Å². The van der Waals surface area contributed by atoms with Crippen molar-refractivity contribution in [2.45, 2.75) is 40.7 Å². The van der Waals surface area contributed by atoms with E-state index < -0.39 is 0 Å². The van der Waals surface area contributed by atoms with Crippen LogP contribution in [0.4, 0.5) is 17.3 Å². The SMILES string of the molecule is CCCN(Cc1ccccc1)c1cccc2nc(Nc3c(C)cc(C)cc3C)n(C)c12. The number of fused-ring (bicyclic) bond motifs is 1. The molecule has 1 heterocycles. The Balaban J connectivity index is 1.75. The van der Waals surface area contributed by atoms with Gasteiger partial charge in [0.05, 0.1) is 16.7 Å². The summed E-state index contributed by atoms with van der Waals surface area (Å²) in [6, 6.07) is 21.5. The average molecular weight is 413 g/mol. The molecule has 0 aliphatic rings. The van der Waals surface area contributed by atoms with Gasteiger partial charge in [-0.25, -0.2) is 4.98 Å². The fourth-order valence-corrected chi connectivity index (χ4v) is 4.46. The first-order chi connectivity index (χ1) is 15.0. The molecule has 0 aliphatic heterocycles. The maximum atomic E-state index is 4.95. The standard InChI is InChI=1S/C27H32N4/c1-6-15-31(18-22-11-8-7-9-12-22)24-14-10-13-23-26(24)30(5)27(28-23)29-25-20(3)16-19(2)17-21(25)4/h7-14,16-17H,6,15,18H2,1-5H3,(H,28,29). The Bertz CT molecular complexity index is 1170. The van der Waals surface area contributed by atoms with Crippen LogP contribution in [-0.2, 0) is 13.6 Å². The number of hydrogen-bond acceptors (Lipinski definition) is 3. The van der Waals surface area contributed by atoms with Crippen LogP contribution in [0.25, 0.3) is 11.0 Å². The van der Waals surface area contributed by atoms with Crippen LogP contribution >= 0.6 is 0 Å². The van der Waals surface area contributed by atoms with Gasteiger partial charge >= 0.3 is 0 Å². The van der Waals surface area contributed by atoms with Crippen molar-refractivity contribution in [2.75, 3.05) is 16.8 Å². The largest absolute Gasteiger partial charge is 0.365 e. The molecular weight excluding hydrogens is 380 g/mol. The summed E-state index contributed by atoms with van der Waals surface area (Å²) in [5.74, 6) is 0.869. The van der Waals surface area contributed by atoms with Gasteiger partial charge in [0.15, 0.2) is 0 Å². The molecule has 0 unspecified atom stereocenters. The third kappa shape index (κ3) is 4.29. The van der Waals surface area contributed by atoms with Crippen molar-refractivity contribution in [1.82, 2.24) is 9.55 Å². The molecule has 0 atom stereocenters. The lowest BCUT2D eigenvalue weighted by Gasteiger charge is -2.25. The quantitative estimate of drug-likeness (QED) is 0.368. The Labute approximate surface area is 185 Å². The molecule has 4 rings (SSSR count). The van der Waals surface area contributed by atoms with Crippen LogP contribution in [0.15, 0.2) is 60.7 Å². The molecule has 4 nitrogen and oxygen atoms in total. The number of imidazole rings is 1. The van der Waals surface area contributed by atoms with Crippen LogP contribution in [0.3, 0.4) is 0 Å². The van der Waals surface area contributed by atoms with Gasteiger partial charge in [-0.1, -0.05) is 61.0 Å². The van der Waals surface area contributed by atoms with E-state index in [-0.39, 0.29) is 0 Å². The molecule has 1 N–H and O–H groups in total. The highest BCUT2D eigenvalue weighted by Gasteiger charge is 2.17. The minimum atomic E-state index is 0.869. The third-order valence-corrected chi connectivity index (χ3v) is 5.84. The molecule has 160 valence electrons. The summed E-state index contributed by atoms with van der Waals surface area (Å²) in [4.78, 5) is 7.41. The minimum Gasteiger partial charge on any atom is -0.365 e. The predicted octanol–water partition coefficient (Wildman–Crippen LogP) is 6.66. The summed E-state index contributed by atoms with van der Waals surface area (Å²) < 4.78 is 2.19. The van der Waals surface area contributed by atoms with Crippen LogP contribution in [0.5, 0.6) is 0 Å². The highest BCUT2D eigenvalue weighted by Crippen LogP contribution is 2.32. The zero-order valence-electron chi connectivity index (χ0n) is 19.2. The Morgan fingerprint density at radius 2 is 1.65 bits per heavy atom. The molecule has 0 saturated carbocycles. The molecule has 1 aromatic heterocycles. The lowest BCUT2D eigenvalue weighted by Crippen LogP contribution is -2.24. The van der Waals surface area contributed by atoms with Gasteiger partial charge in [-0.05, 0) is 56.0 Å². The third-order valence-electron chi connectivity index (χ3n) is 5.84. The second-order valence-electron chi connectivity index (χ2n) is 8.45. The van der Waals surface area contributed by atoms with E-state index >= 15 is 0 Å². The summed E-state index contributed by atoms with van der Waals surface area (Å²) in [7, 11) is 2.10. The Hall–Kier alpha value is -3.27. The summed E-state index contributed by atoms with van der Waals surface area (Å²) in [5, 5.41) is 3.61. The number of rotatable bonds is 7. The van der Waals surface area contributed by atoms with E-state index in [1.165, 1.54) is 27.9 Å². The summed E-state index contributed by atoms with van der Waals surface area (Å²) >= 11 is 0. The van der Waals surface area contributed by atoms with E-state index in [9.17, 15) is 0 Å². The van der Waals surface area contributed by atoms with E-state index in [4.69, 9.17) is 4.98 Å². The lowest BCUT2D eigenvalue weighted by atomic mass is 10.1. The summed E-state index contributed by atoms with van der Waals surface area (Å²) in [6.07, 6.45) is 1.09. The molecule has 0 aliphatic carbocycles. The molecule has 0 bridgehead atoms. The fraction of sp³-hybridized carbons (Fsp3) is 0.296. The second kappa shape index (κ2) is 8.84. The van der Waals surface area contributed by atoms with Gasteiger partial charge in [0.25, 0.3) is 0 Å². The number of aromatic nitrogens is 2. The molecule has 31 heavy (non-hydrogen) atoms. The first kappa shape index (κ1) is 21.0. The van der Waals surface area contributed by atoms with Crippen LogP contribution in [0.2, 0.25) is 0 Å². The molecule has 0 amide bonds. The highest BCUT2D eigenvalue weighted by atomic mass is 15.2. The maximum absolute atomic E-state index is 4.95. The first-order valence-electron chi connectivity index (χ1n) is 11.1. The Morgan fingerprint density at radius 1 is 0.935 bits per heavy atom. The number of anilines is 3. The van der Waals surface area contributed by atoms with Gasteiger partial charge in [-0.3, -0.25) is 0 Å². The monoisotopic (exact) mass is 412 g/mol. The van der Waals surface area contributed by atoms with E-state index in [0.717, 1.165) is 42.2 Å². The number of nitrogens with one attached hydrogen (secondary N) is 1. The summed E-state index contributed by atoms with van der Waals surface area (Å²) in [6.45, 7) is 10.6. The van der Waals surface area contributed by atoms with Crippen molar-refractivity contribution in [1.29, 1.82) is 0 Å². The zero-order chi connectivity index (χ0) is 22.0. The van der Waals surface area contributed by atoms with Gasteiger partial charge in [-0.2, -0.15) is 0 Å². The van der Waals surface area contributed by atoms with Crippen molar-refractivity contribution in [3.05, 3.63) is 82.9 Å². The molecule has 4 heteroatoms. The van der Waals surface area contributed by atoms with Gasteiger partial charge in [-0.15, -0.1) is 0 Å². The van der Waals surface area contributed by atoms with Crippen LogP contribution < -0.4 is 10.2 Å². The van der Waals surface area contributed by atoms with E-state index in [1.807, 2.05) is 0 Å². The average Bonchev–Trinajstić information content (AvgIpc) is 3.07. The normalized spacial score (nSPS) is 11.1. The van der Waals surface area contributed by atoms with Crippen molar-refractivity contribution in [3.8, 4) is 0 Å². The molecule has 4 aromatic rings. The smallest absolute Gasteiger partial charge is 0.208 e. The van der Waals surface area contributed by atoms with Crippen LogP contribution in [0.1, 0.15) is 35.6 Å². The Morgan fingerprint density at radius 3 is 2.32 bits per heavy atom. The van der Waals surface area contributed by atoms with Gasteiger partial charge in [0.2, 0.25) is 5.95 Å². The fourth-order valence-electron chi connectivity index (χ4n) is 4.46. The zero-order valence-corrected chi connectivity index (χ0v) is 19.2. The van der Waals surface area contributed by atoms with Gasteiger partial charge in [0.1, 0.15) is 0 Å². The topological polar surface area (TPSA) is 33.1 Å². The van der Waals surface area contributed by atoms with Crippen molar-refractivity contribution >= 4 is 28.4 Å². The number of aryl methyl sites for hydroxylation is 4. The van der Waals surface area contributed by atoms with E-state index in [0.29, 0.717) is 0 Å². The van der Waals surface area contributed by atoms with Crippen molar-refractivity contribution in [3.63, 3.8) is 0 Å². The van der Waals surface area contributed by atoms with Crippen LogP contribution in [0, 0.1) is 20.8 Å². The Kier molecular flexibility index (Phi) is 5.99. The van der Waals surface area contributed by atoms with Crippen molar-refractivity contribution < 1.29 is 0 Å². The number of benzene rings is 3. The number of para-hydroxylation sites is 1. The molecular formula is C27H32N4. The first-order valence-corrected chi connectivity index (χ1v) is 11.1. The maximum Gasteiger partial charge on any atom is 0.208 e. The molecule has 0 spiro atoms. The number of nitrogens with zero attached hydrogens (tertiary/aromatic N) is 3. The molecule has 0 fully saturated rings. The number of hydrogen-bond donors (Lipinski definition) is 1. The van der Waals surface area contributed by atoms with Gasteiger partial charge < -0.3 is 14.8 Å². The van der Waals surface area contributed by atoms with E-state index in [2.05, 4.69) is 110 Å². The van der Waals surface area contributed by atoms with Gasteiger partial charge in [0, 0.05) is 25.8 Å². The van der Waals surface area contributed by atoms with Crippen molar-refractivity contribution in [2.24, 2.45) is 7.05 Å². The predicted molar refractivity (Wildman–Crippen MR) is 132 cm³/mol. The molecule has 3 aromatic carbocycles. The highest BCUT2D eigenvalue weighted by molar-refractivity contribution is 5.91. The molecule has 0 radical (unpaired) electrons. The van der Waals surface area contributed by atoms with E-state index in [1.54, 1.807) is 0 Å². The minimum absolute atomic E-state index is 0.869. The summed E-state index contributed by atoms with van der Waals surface area (Å²) in [5.41, 5.74) is 9.62.